The summed E-state index contributed by atoms with van der Waals surface area (Å²) in [5.41, 5.74) is 1.02. The number of nitrogens with one attached hydrogen (secondary N) is 1. The van der Waals surface area contributed by atoms with E-state index in [9.17, 15) is 9.59 Å². The lowest BCUT2D eigenvalue weighted by atomic mass is 9.96. The van der Waals surface area contributed by atoms with Gasteiger partial charge in [0.25, 0.3) is 5.91 Å². The molecule has 5 nitrogen and oxygen atoms in total. The van der Waals surface area contributed by atoms with E-state index in [1.807, 2.05) is 24.3 Å². The Hall–Kier alpha value is -1.75. The van der Waals surface area contributed by atoms with Crippen LogP contribution in [0.4, 0.5) is 10.5 Å². The zero-order valence-corrected chi connectivity index (χ0v) is 14.0. The van der Waals surface area contributed by atoms with Crippen LogP contribution in [0.1, 0.15) is 32.8 Å². The Bertz CT molecular complexity index is 597. The molecule has 0 bridgehead atoms. The average molecular weight is 325 g/mol. The average Bonchev–Trinajstić information content (AvgIpc) is 2.60. The number of halogens is 1. The number of likely N-dealkylation sites (N-methyl/N-ethyl adjacent to an activating group) is 1. The summed E-state index contributed by atoms with van der Waals surface area (Å²) in [6.45, 7) is 5.64. The minimum atomic E-state index is -1.14. The molecule has 0 aliphatic carbocycles. The number of nitrogens with zero attached hydrogens (tertiary/aromatic N) is 1. The van der Waals surface area contributed by atoms with E-state index >= 15 is 0 Å². The van der Waals surface area contributed by atoms with E-state index in [-0.39, 0.29) is 12.5 Å². The minimum Gasteiger partial charge on any atom is -0.444 e. The summed E-state index contributed by atoms with van der Waals surface area (Å²) in [6.07, 6.45) is -0.214. The molecule has 0 saturated heterocycles. The van der Waals surface area contributed by atoms with Gasteiger partial charge in [0, 0.05) is 24.8 Å². The molecule has 1 N–H and O–H groups in total. The molecular weight excluding hydrogens is 304 g/mol. The maximum absolute atomic E-state index is 12.4. The molecule has 1 aromatic rings. The Balaban J connectivity index is 2.04. The van der Waals surface area contributed by atoms with Gasteiger partial charge in [-0.15, -0.1) is 11.6 Å². The van der Waals surface area contributed by atoms with Gasteiger partial charge in [-0.25, -0.2) is 4.79 Å². The van der Waals surface area contributed by atoms with Crippen molar-refractivity contribution in [2.45, 2.75) is 37.7 Å². The normalized spacial score (nSPS) is 20.8. The van der Waals surface area contributed by atoms with Gasteiger partial charge in [-0.05, 0) is 33.3 Å². The molecule has 22 heavy (non-hydrogen) atoms. The monoisotopic (exact) mass is 324 g/mol. The quantitative estimate of drug-likeness (QED) is 0.869. The number of amides is 2. The number of fused-ring (bicyclic) bond motifs is 1. The van der Waals surface area contributed by atoms with Gasteiger partial charge in [-0.3, -0.25) is 4.79 Å². The number of alkyl halides is 1. The third-order valence-electron chi connectivity index (χ3n) is 3.47. The molecule has 120 valence electrons. The van der Waals surface area contributed by atoms with Crippen molar-refractivity contribution in [2.75, 3.05) is 18.5 Å². The van der Waals surface area contributed by atoms with Crippen molar-refractivity contribution in [3.8, 4) is 0 Å². The molecule has 0 fully saturated rings. The molecule has 0 spiro atoms. The third-order valence-corrected chi connectivity index (χ3v) is 4.03. The van der Waals surface area contributed by atoms with Gasteiger partial charge in [0.15, 0.2) is 4.87 Å². The van der Waals surface area contributed by atoms with E-state index in [0.717, 1.165) is 11.3 Å². The zero-order valence-electron chi connectivity index (χ0n) is 13.3. The largest absolute Gasteiger partial charge is 0.444 e. The highest BCUT2D eigenvalue weighted by Crippen LogP contribution is 2.45. The molecule has 1 unspecified atom stereocenters. The number of alkyl carbamates (subject to hydrolysis) is 1. The van der Waals surface area contributed by atoms with Crippen molar-refractivity contribution < 1.29 is 14.3 Å². The minimum absolute atomic E-state index is 0.179. The summed E-state index contributed by atoms with van der Waals surface area (Å²) >= 11 is 6.58. The van der Waals surface area contributed by atoms with Crippen molar-refractivity contribution in [3.63, 3.8) is 0 Å². The smallest absolute Gasteiger partial charge is 0.407 e. The van der Waals surface area contributed by atoms with E-state index in [4.69, 9.17) is 16.3 Å². The molecule has 0 aromatic heterocycles. The van der Waals surface area contributed by atoms with Crippen LogP contribution < -0.4 is 10.2 Å². The molecule has 1 aliphatic rings. The summed E-state index contributed by atoms with van der Waals surface area (Å²) in [7, 11) is 1.70. The van der Waals surface area contributed by atoms with Gasteiger partial charge in [0.1, 0.15) is 5.60 Å². The summed E-state index contributed by atoms with van der Waals surface area (Å²) in [5.74, 6) is -0.179. The molecule has 0 saturated carbocycles. The fraction of sp³-hybridized carbons (Fsp3) is 0.500. The molecule has 1 atom stereocenters. The van der Waals surface area contributed by atoms with Crippen LogP contribution in [0.5, 0.6) is 0 Å². The number of hydrogen-bond donors (Lipinski definition) is 1. The fourth-order valence-corrected chi connectivity index (χ4v) is 2.87. The number of anilines is 1. The van der Waals surface area contributed by atoms with Gasteiger partial charge in [0.05, 0.1) is 0 Å². The first-order chi connectivity index (χ1) is 10.1. The van der Waals surface area contributed by atoms with Gasteiger partial charge in [-0.2, -0.15) is 0 Å². The zero-order chi connectivity index (χ0) is 16.5. The first kappa shape index (κ1) is 16.6. The predicted molar refractivity (Wildman–Crippen MR) is 86.2 cm³/mol. The Labute approximate surface area is 135 Å². The van der Waals surface area contributed by atoms with Crippen LogP contribution in [0.15, 0.2) is 24.3 Å². The van der Waals surface area contributed by atoms with E-state index in [0.29, 0.717) is 6.42 Å². The maximum Gasteiger partial charge on any atom is 0.407 e. The van der Waals surface area contributed by atoms with Crippen molar-refractivity contribution in [1.29, 1.82) is 0 Å². The Morgan fingerprint density at radius 3 is 2.64 bits per heavy atom. The summed E-state index contributed by atoms with van der Waals surface area (Å²) < 4.78 is 5.16. The standard InChI is InChI=1S/C16H21ClN2O3/c1-15(2,3)22-14(21)18-10-9-16(17)11-7-5-6-8-12(11)19(4)13(16)20/h5-8H,9-10H2,1-4H3,(H,18,21). The highest BCUT2D eigenvalue weighted by atomic mass is 35.5. The van der Waals surface area contributed by atoms with Gasteiger partial charge < -0.3 is 15.0 Å². The van der Waals surface area contributed by atoms with E-state index in [2.05, 4.69) is 5.32 Å². The molecule has 1 aliphatic heterocycles. The van der Waals surface area contributed by atoms with Crippen molar-refractivity contribution in [1.82, 2.24) is 5.32 Å². The molecule has 1 aromatic carbocycles. The summed E-state index contributed by atoms with van der Waals surface area (Å²) in [5, 5.41) is 2.64. The van der Waals surface area contributed by atoms with Crippen LogP contribution in [-0.2, 0) is 14.4 Å². The second kappa shape index (κ2) is 5.80. The van der Waals surface area contributed by atoms with Crippen LogP contribution in [0.2, 0.25) is 0 Å². The Kier molecular flexibility index (Phi) is 4.38. The first-order valence-electron chi connectivity index (χ1n) is 7.18. The van der Waals surface area contributed by atoms with Crippen molar-refractivity contribution >= 4 is 29.3 Å². The number of hydrogen-bond acceptors (Lipinski definition) is 3. The summed E-state index contributed by atoms with van der Waals surface area (Å²) in [4.78, 5) is 24.5. The van der Waals surface area contributed by atoms with Crippen LogP contribution in [0.25, 0.3) is 0 Å². The van der Waals surface area contributed by atoms with Gasteiger partial charge >= 0.3 is 6.09 Å². The van der Waals surface area contributed by atoms with E-state index in [1.165, 1.54) is 0 Å². The van der Waals surface area contributed by atoms with Crippen LogP contribution >= 0.6 is 11.6 Å². The lowest BCUT2D eigenvalue weighted by molar-refractivity contribution is -0.120. The van der Waals surface area contributed by atoms with Crippen LogP contribution in [0.3, 0.4) is 0 Å². The molecule has 1 heterocycles. The number of carbonyl (C=O) groups is 2. The highest BCUT2D eigenvalue weighted by Gasteiger charge is 2.47. The first-order valence-corrected chi connectivity index (χ1v) is 7.56. The van der Waals surface area contributed by atoms with Crippen LogP contribution in [0, 0.1) is 0 Å². The number of carbonyl (C=O) groups excluding carboxylic acids is 2. The second-order valence-electron chi connectivity index (χ2n) is 6.36. The van der Waals surface area contributed by atoms with Gasteiger partial charge in [-0.1, -0.05) is 18.2 Å². The highest BCUT2D eigenvalue weighted by molar-refractivity contribution is 6.39. The van der Waals surface area contributed by atoms with E-state index < -0.39 is 16.6 Å². The molecule has 2 amide bonds. The van der Waals surface area contributed by atoms with Gasteiger partial charge in [0.2, 0.25) is 0 Å². The lowest BCUT2D eigenvalue weighted by Crippen LogP contribution is -2.39. The fourth-order valence-electron chi connectivity index (χ4n) is 2.48. The molecular formula is C16H21ClN2O3. The number of benzene rings is 1. The second-order valence-corrected chi connectivity index (χ2v) is 7.01. The van der Waals surface area contributed by atoms with Crippen molar-refractivity contribution in [2.24, 2.45) is 0 Å². The maximum atomic E-state index is 12.4. The number of para-hydroxylation sites is 1. The predicted octanol–water partition coefficient (Wildman–Crippen LogP) is 3.01. The number of ether oxygens (including phenoxy) is 1. The number of rotatable bonds is 3. The summed E-state index contributed by atoms with van der Waals surface area (Å²) in [6, 6.07) is 7.42. The Morgan fingerprint density at radius 2 is 2.00 bits per heavy atom. The Morgan fingerprint density at radius 1 is 1.36 bits per heavy atom. The lowest BCUT2D eigenvalue weighted by Gasteiger charge is -2.22. The molecule has 0 radical (unpaired) electrons. The molecule has 2 rings (SSSR count). The van der Waals surface area contributed by atoms with Crippen molar-refractivity contribution in [3.05, 3.63) is 29.8 Å². The molecule has 6 heteroatoms. The topological polar surface area (TPSA) is 58.6 Å². The van der Waals surface area contributed by atoms with Crippen LogP contribution in [-0.4, -0.2) is 31.2 Å². The van der Waals surface area contributed by atoms with E-state index in [1.54, 1.807) is 32.7 Å². The SMILES string of the molecule is CN1C(=O)C(Cl)(CCNC(=O)OC(C)(C)C)c2ccccc21. The third kappa shape index (κ3) is 3.19.